The summed E-state index contributed by atoms with van der Waals surface area (Å²) in [5.74, 6) is 0. The van der Waals surface area contributed by atoms with Crippen molar-refractivity contribution in [1.82, 2.24) is 0 Å². The highest BCUT2D eigenvalue weighted by atomic mass is 79.9. The lowest BCUT2D eigenvalue weighted by molar-refractivity contribution is 1.66. The van der Waals surface area contributed by atoms with Crippen molar-refractivity contribution in [1.29, 1.82) is 0 Å². The van der Waals surface area contributed by atoms with Gasteiger partial charge in [0, 0.05) is 4.48 Å². The van der Waals surface area contributed by atoms with Crippen molar-refractivity contribution in [3.05, 3.63) is 82.9 Å². The normalized spacial score (nSPS) is 9.21. The van der Waals surface area contributed by atoms with Crippen LogP contribution in [-0.2, 0) is 0 Å². The molecule has 0 amide bonds. The Bertz CT molecular complexity index is 562. The first kappa shape index (κ1) is 16.0. The Balaban J connectivity index is 0.000000191. The van der Waals surface area contributed by atoms with Crippen LogP contribution in [0.25, 0.3) is 10.6 Å². The molecule has 0 aliphatic rings. The van der Waals surface area contributed by atoms with Crippen LogP contribution in [-0.4, -0.2) is 0 Å². The molecule has 0 N–H and O–H groups in total. The minimum atomic E-state index is 0.569. The molecule has 2 rings (SSSR count). The van der Waals surface area contributed by atoms with Crippen LogP contribution >= 0.6 is 39.1 Å². The monoisotopic (exact) mass is 354 g/mol. The van der Waals surface area contributed by atoms with Gasteiger partial charge in [0.1, 0.15) is 0 Å². The highest BCUT2D eigenvalue weighted by Gasteiger charge is 1.98. The zero-order valence-corrected chi connectivity index (χ0v) is 13.3. The van der Waals surface area contributed by atoms with Crippen molar-refractivity contribution < 1.29 is 0 Å². The first-order valence-corrected chi connectivity index (χ1v) is 7.07. The Labute approximate surface area is 132 Å². The summed E-state index contributed by atoms with van der Waals surface area (Å²) in [6, 6.07) is 15.4. The molecule has 0 radical (unpaired) electrons. The van der Waals surface area contributed by atoms with Crippen molar-refractivity contribution >= 4 is 49.7 Å². The van der Waals surface area contributed by atoms with Gasteiger partial charge in [-0.15, -0.1) is 0 Å². The van der Waals surface area contributed by atoms with E-state index in [1.165, 1.54) is 0 Å². The van der Waals surface area contributed by atoms with Crippen LogP contribution in [0, 0.1) is 0 Å². The molecule has 0 aromatic heterocycles. The first-order chi connectivity index (χ1) is 9.06. The largest absolute Gasteiger partial charge is 0.0984 e. The maximum Gasteiger partial charge on any atom is 0.0664 e. The van der Waals surface area contributed by atoms with Gasteiger partial charge in [0.05, 0.1) is 10.0 Å². The predicted molar refractivity (Wildman–Crippen MR) is 91.0 cm³/mol. The molecule has 0 fully saturated rings. The molecule has 0 aliphatic heterocycles. The molecule has 2 aromatic carbocycles. The molecule has 19 heavy (non-hydrogen) atoms. The van der Waals surface area contributed by atoms with Crippen LogP contribution in [0.1, 0.15) is 11.1 Å². The smallest absolute Gasteiger partial charge is 0.0664 e. The lowest BCUT2D eigenvalue weighted by Gasteiger charge is -1.97. The number of rotatable bonds is 2. The summed E-state index contributed by atoms with van der Waals surface area (Å²) >= 11 is 14.8. The van der Waals surface area contributed by atoms with Crippen LogP contribution < -0.4 is 0 Å². The Morgan fingerprint density at radius 1 is 1.00 bits per heavy atom. The van der Waals surface area contributed by atoms with Crippen LogP contribution in [0.5, 0.6) is 0 Å². The Hall–Kier alpha value is -1.02. The number of benzene rings is 2. The van der Waals surface area contributed by atoms with E-state index >= 15 is 0 Å². The lowest BCUT2D eigenvalue weighted by atomic mass is 10.2. The Morgan fingerprint density at radius 2 is 1.63 bits per heavy atom. The van der Waals surface area contributed by atoms with E-state index in [1.807, 2.05) is 42.5 Å². The minimum absolute atomic E-state index is 0.569. The maximum atomic E-state index is 5.79. The Morgan fingerprint density at radius 3 is 2.05 bits per heavy atom. The maximum absolute atomic E-state index is 5.79. The molecule has 0 aliphatic carbocycles. The molecule has 0 spiro atoms. The second kappa shape index (κ2) is 8.21. The van der Waals surface area contributed by atoms with Gasteiger partial charge in [0.2, 0.25) is 0 Å². The van der Waals surface area contributed by atoms with E-state index in [4.69, 9.17) is 23.2 Å². The van der Waals surface area contributed by atoms with Crippen molar-refractivity contribution in [2.24, 2.45) is 0 Å². The predicted octanol–water partition coefficient (Wildman–Crippen LogP) is 6.69. The van der Waals surface area contributed by atoms with E-state index in [0.29, 0.717) is 10.0 Å². The van der Waals surface area contributed by atoms with E-state index in [1.54, 1.807) is 12.1 Å². The Kier molecular flexibility index (Phi) is 6.93. The van der Waals surface area contributed by atoms with E-state index in [-0.39, 0.29) is 0 Å². The van der Waals surface area contributed by atoms with Crippen LogP contribution in [0.2, 0.25) is 10.0 Å². The molecule has 0 atom stereocenters. The summed E-state index contributed by atoms with van der Waals surface area (Å²) in [6.07, 6.45) is 1.67. The minimum Gasteiger partial charge on any atom is -0.0984 e. The molecule has 0 heterocycles. The summed E-state index contributed by atoms with van der Waals surface area (Å²) in [5.41, 5.74) is 2.01. The quantitative estimate of drug-likeness (QED) is 0.562. The molecule has 0 bridgehead atoms. The lowest BCUT2D eigenvalue weighted by Crippen LogP contribution is -1.73. The summed E-state index contributed by atoms with van der Waals surface area (Å²) in [7, 11) is 0. The van der Waals surface area contributed by atoms with Gasteiger partial charge < -0.3 is 0 Å². The average molecular weight is 356 g/mol. The fourth-order valence-corrected chi connectivity index (χ4v) is 1.95. The molecule has 98 valence electrons. The third-order valence-corrected chi connectivity index (χ3v) is 3.58. The molecular formula is C16H13BrCl2. The van der Waals surface area contributed by atoms with E-state index < -0.39 is 0 Å². The van der Waals surface area contributed by atoms with E-state index in [2.05, 4.69) is 29.1 Å². The number of hydrogen-bond donors (Lipinski definition) is 0. The van der Waals surface area contributed by atoms with Gasteiger partial charge in [-0.05, 0) is 17.2 Å². The number of halogens is 3. The van der Waals surface area contributed by atoms with E-state index in [0.717, 1.165) is 15.6 Å². The topological polar surface area (TPSA) is 0 Å². The van der Waals surface area contributed by atoms with Gasteiger partial charge in [-0.3, -0.25) is 0 Å². The second-order valence-electron chi connectivity index (χ2n) is 3.62. The number of hydrogen-bond acceptors (Lipinski definition) is 0. The van der Waals surface area contributed by atoms with E-state index in [9.17, 15) is 0 Å². The van der Waals surface area contributed by atoms with Gasteiger partial charge in [-0.2, -0.15) is 0 Å². The van der Waals surface area contributed by atoms with Crippen molar-refractivity contribution in [3.63, 3.8) is 0 Å². The fraction of sp³-hybridized carbons (Fsp3) is 0. The standard InChI is InChI=1S/C8H7Br.C8H6Cl2/c1-7(9)8-5-3-2-4-6-8;1-2-6-4-3-5-7(9)8(6)10/h2-6H,1H2;2-5H,1H2. The molecular weight excluding hydrogens is 343 g/mol. The summed E-state index contributed by atoms with van der Waals surface area (Å²) in [6.45, 7) is 7.33. The van der Waals surface area contributed by atoms with Gasteiger partial charge in [-0.25, -0.2) is 0 Å². The third kappa shape index (κ3) is 5.23. The summed E-state index contributed by atoms with van der Waals surface area (Å²) in [4.78, 5) is 0. The van der Waals surface area contributed by atoms with Gasteiger partial charge >= 0.3 is 0 Å². The van der Waals surface area contributed by atoms with Crippen molar-refractivity contribution in [2.45, 2.75) is 0 Å². The fourth-order valence-electron chi connectivity index (χ4n) is 1.30. The summed E-state index contributed by atoms with van der Waals surface area (Å²) < 4.78 is 0.933. The molecule has 2 aromatic rings. The zero-order chi connectivity index (χ0) is 14.3. The third-order valence-electron chi connectivity index (χ3n) is 2.29. The van der Waals surface area contributed by atoms with Crippen LogP contribution in [0.3, 0.4) is 0 Å². The second-order valence-corrected chi connectivity index (χ2v) is 5.36. The SMILES string of the molecule is C=C(Br)c1ccccc1.C=Cc1cccc(Cl)c1Cl. The molecule has 0 saturated carbocycles. The average Bonchev–Trinajstić information content (AvgIpc) is 2.43. The molecule has 0 saturated heterocycles. The zero-order valence-electron chi connectivity index (χ0n) is 10.2. The molecule has 0 nitrogen and oxygen atoms in total. The van der Waals surface area contributed by atoms with Gasteiger partial charge in [0.15, 0.2) is 0 Å². The highest BCUT2D eigenvalue weighted by molar-refractivity contribution is 9.15. The van der Waals surface area contributed by atoms with Gasteiger partial charge in [-0.1, -0.05) is 101 Å². The highest BCUT2D eigenvalue weighted by Crippen LogP contribution is 2.25. The van der Waals surface area contributed by atoms with Crippen molar-refractivity contribution in [2.75, 3.05) is 0 Å². The molecule has 0 unspecified atom stereocenters. The van der Waals surface area contributed by atoms with Gasteiger partial charge in [0.25, 0.3) is 0 Å². The molecule has 3 heteroatoms. The summed E-state index contributed by atoms with van der Waals surface area (Å²) in [5, 5.41) is 1.14. The van der Waals surface area contributed by atoms with Crippen molar-refractivity contribution in [3.8, 4) is 0 Å². The van der Waals surface area contributed by atoms with Crippen LogP contribution in [0.15, 0.2) is 61.7 Å². The first-order valence-electron chi connectivity index (χ1n) is 5.52. The van der Waals surface area contributed by atoms with Crippen LogP contribution in [0.4, 0.5) is 0 Å².